The monoisotopic (exact) mass is 424 g/mol. The second kappa shape index (κ2) is 10.4. The van der Waals surface area contributed by atoms with Crippen molar-refractivity contribution in [2.24, 2.45) is 0 Å². The minimum Gasteiger partial charge on any atom is -0.446 e. The number of alkyl carbamates (subject to hydrolysis) is 1. The molecular weight excluding hydrogens is 392 g/mol. The summed E-state index contributed by atoms with van der Waals surface area (Å²) in [5, 5.41) is 14.9. The largest absolute Gasteiger partial charge is 0.446 e. The van der Waals surface area contributed by atoms with Crippen molar-refractivity contribution >= 4 is 12.0 Å². The van der Waals surface area contributed by atoms with Gasteiger partial charge in [0.2, 0.25) is 0 Å². The van der Waals surface area contributed by atoms with Gasteiger partial charge in [-0.25, -0.2) is 4.79 Å². The number of aryl methyl sites for hydroxylation is 1. The van der Waals surface area contributed by atoms with Gasteiger partial charge >= 0.3 is 6.09 Å². The van der Waals surface area contributed by atoms with Crippen LogP contribution in [-0.4, -0.2) is 42.4 Å². The number of aliphatic hydroxyl groups is 1. The highest BCUT2D eigenvalue weighted by Crippen LogP contribution is 2.40. The van der Waals surface area contributed by atoms with Crippen molar-refractivity contribution in [1.29, 1.82) is 0 Å². The minimum atomic E-state index is -0.494. The molecule has 0 saturated heterocycles. The molecule has 1 aliphatic rings. The maximum Gasteiger partial charge on any atom is 0.407 e. The normalized spacial score (nSPS) is 21.7. The molecule has 1 atom stereocenters. The van der Waals surface area contributed by atoms with E-state index in [9.17, 15) is 9.59 Å². The van der Waals surface area contributed by atoms with Gasteiger partial charge in [-0.2, -0.15) is 0 Å². The molecule has 166 valence electrons. The van der Waals surface area contributed by atoms with Crippen LogP contribution in [0.25, 0.3) is 0 Å². The lowest BCUT2D eigenvalue weighted by molar-refractivity contribution is 0.0533. The van der Waals surface area contributed by atoms with Gasteiger partial charge in [-0.1, -0.05) is 48.5 Å². The van der Waals surface area contributed by atoms with Crippen molar-refractivity contribution in [3.05, 3.63) is 71.3 Å². The van der Waals surface area contributed by atoms with E-state index in [0.717, 1.165) is 31.2 Å². The molecule has 0 spiro atoms. The number of hydrogen-bond donors (Lipinski definition) is 3. The third kappa shape index (κ3) is 5.85. The zero-order valence-electron chi connectivity index (χ0n) is 18.3. The maximum absolute atomic E-state index is 12.8. The van der Waals surface area contributed by atoms with Crippen LogP contribution in [0.4, 0.5) is 4.79 Å². The minimum absolute atomic E-state index is 0.0656. The summed E-state index contributed by atoms with van der Waals surface area (Å²) in [5.41, 5.74) is 2.64. The summed E-state index contributed by atoms with van der Waals surface area (Å²) in [6.07, 6.45) is 2.38. The maximum atomic E-state index is 12.8. The van der Waals surface area contributed by atoms with Crippen LogP contribution in [-0.2, 0) is 10.2 Å². The van der Waals surface area contributed by atoms with Gasteiger partial charge in [0.15, 0.2) is 0 Å². The first-order chi connectivity index (χ1) is 14.9. The van der Waals surface area contributed by atoms with E-state index in [2.05, 4.69) is 22.8 Å². The zero-order valence-corrected chi connectivity index (χ0v) is 18.3. The Morgan fingerprint density at radius 1 is 1.10 bits per heavy atom. The molecule has 2 aromatic carbocycles. The number of benzene rings is 2. The second-order valence-corrected chi connectivity index (χ2v) is 8.48. The van der Waals surface area contributed by atoms with Gasteiger partial charge in [0.25, 0.3) is 5.91 Å². The lowest BCUT2D eigenvalue weighted by atomic mass is 9.68. The van der Waals surface area contributed by atoms with E-state index >= 15 is 0 Å². The Hall–Kier alpha value is -2.86. The molecule has 0 radical (unpaired) electrons. The van der Waals surface area contributed by atoms with E-state index in [-0.39, 0.29) is 30.1 Å². The van der Waals surface area contributed by atoms with Gasteiger partial charge in [0.1, 0.15) is 6.10 Å². The number of ether oxygens (including phenoxy) is 1. The summed E-state index contributed by atoms with van der Waals surface area (Å²) in [6, 6.07) is 17.5. The SMILES string of the molecule is Cc1ccccc1C(=O)NCC1(c2ccccc2)CCC(OC(=O)N[C@@H](C)CO)CC1. The summed E-state index contributed by atoms with van der Waals surface area (Å²) in [5.74, 6) is -0.0656. The van der Waals surface area contributed by atoms with Crippen LogP contribution in [0.5, 0.6) is 0 Å². The third-order valence-corrected chi connectivity index (χ3v) is 6.16. The van der Waals surface area contributed by atoms with Crippen molar-refractivity contribution in [3.8, 4) is 0 Å². The molecule has 3 rings (SSSR count). The average Bonchev–Trinajstić information content (AvgIpc) is 2.79. The van der Waals surface area contributed by atoms with Crippen molar-refractivity contribution in [2.75, 3.05) is 13.2 Å². The first-order valence-electron chi connectivity index (χ1n) is 10.9. The Balaban J connectivity index is 1.67. The van der Waals surface area contributed by atoms with E-state index in [1.54, 1.807) is 6.92 Å². The van der Waals surface area contributed by atoms with Crippen LogP contribution >= 0.6 is 0 Å². The van der Waals surface area contributed by atoms with Gasteiger partial charge in [-0.3, -0.25) is 4.79 Å². The van der Waals surface area contributed by atoms with Crippen LogP contribution < -0.4 is 10.6 Å². The second-order valence-electron chi connectivity index (χ2n) is 8.48. The number of rotatable bonds is 7. The first-order valence-corrected chi connectivity index (χ1v) is 10.9. The predicted molar refractivity (Wildman–Crippen MR) is 120 cm³/mol. The van der Waals surface area contributed by atoms with E-state index in [0.29, 0.717) is 12.1 Å². The number of nitrogens with one attached hydrogen (secondary N) is 2. The van der Waals surface area contributed by atoms with Crippen LogP contribution in [0.1, 0.15) is 54.1 Å². The molecule has 3 N–H and O–H groups in total. The van der Waals surface area contributed by atoms with Crippen LogP contribution in [0, 0.1) is 6.92 Å². The summed E-state index contributed by atoms with van der Waals surface area (Å²) >= 11 is 0. The molecule has 0 bridgehead atoms. The van der Waals surface area contributed by atoms with Crippen molar-refractivity contribution in [3.63, 3.8) is 0 Å². The van der Waals surface area contributed by atoms with Crippen molar-refractivity contribution < 1.29 is 19.4 Å². The number of carbonyl (C=O) groups is 2. The van der Waals surface area contributed by atoms with Crippen molar-refractivity contribution in [1.82, 2.24) is 10.6 Å². The Morgan fingerprint density at radius 3 is 2.39 bits per heavy atom. The fourth-order valence-corrected chi connectivity index (χ4v) is 4.23. The van der Waals surface area contributed by atoms with Gasteiger partial charge < -0.3 is 20.5 Å². The highest BCUT2D eigenvalue weighted by molar-refractivity contribution is 5.95. The molecule has 0 aromatic heterocycles. The number of aliphatic hydroxyl groups excluding tert-OH is 1. The third-order valence-electron chi connectivity index (χ3n) is 6.16. The smallest absolute Gasteiger partial charge is 0.407 e. The molecule has 31 heavy (non-hydrogen) atoms. The Bertz CT molecular complexity index is 876. The standard InChI is InChI=1S/C25H32N2O4/c1-18-8-6-7-11-22(18)23(29)26-17-25(20-9-4-3-5-10-20)14-12-21(13-15-25)31-24(30)27-19(2)16-28/h3-11,19,21,28H,12-17H2,1-2H3,(H,26,29)(H,27,30)/t19-,21?,25?/m0/s1. The quantitative estimate of drug-likeness (QED) is 0.632. The molecular formula is C25H32N2O4. The lowest BCUT2D eigenvalue weighted by Gasteiger charge is -2.40. The Labute approximate surface area is 184 Å². The van der Waals surface area contributed by atoms with Crippen LogP contribution in [0.3, 0.4) is 0 Å². The molecule has 6 heteroatoms. The fourth-order valence-electron chi connectivity index (χ4n) is 4.23. The molecule has 2 amide bonds. The fraction of sp³-hybridized carbons (Fsp3) is 0.440. The molecule has 0 heterocycles. The Kier molecular flexibility index (Phi) is 7.69. The van der Waals surface area contributed by atoms with Crippen LogP contribution in [0.15, 0.2) is 54.6 Å². The number of carbonyl (C=O) groups excluding carboxylic acids is 2. The molecule has 0 aliphatic heterocycles. The van der Waals surface area contributed by atoms with Gasteiger partial charge in [0.05, 0.1) is 12.6 Å². The van der Waals surface area contributed by atoms with E-state index in [4.69, 9.17) is 9.84 Å². The van der Waals surface area contributed by atoms with E-state index in [1.807, 2.05) is 49.4 Å². The summed E-state index contributed by atoms with van der Waals surface area (Å²) in [6.45, 7) is 4.06. The topological polar surface area (TPSA) is 87.7 Å². The summed E-state index contributed by atoms with van der Waals surface area (Å²) < 4.78 is 5.56. The molecule has 1 saturated carbocycles. The van der Waals surface area contributed by atoms with E-state index in [1.165, 1.54) is 5.56 Å². The Morgan fingerprint density at radius 2 is 1.74 bits per heavy atom. The first kappa shape index (κ1) is 22.8. The predicted octanol–water partition coefficient (Wildman–Crippen LogP) is 3.71. The zero-order chi connectivity index (χ0) is 22.3. The highest BCUT2D eigenvalue weighted by atomic mass is 16.6. The molecule has 2 aromatic rings. The molecule has 0 unspecified atom stereocenters. The highest BCUT2D eigenvalue weighted by Gasteiger charge is 2.38. The summed E-state index contributed by atoms with van der Waals surface area (Å²) in [4.78, 5) is 24.8. The van der Waals surface area contributed by atoms with Crippen molar-refractivity contribution in [2.45, 2.75) is 57.1 Å². The lowest BCUT2D eigenvalue weighted by Crippen LogP contribution is -2.45. The molecule has 1 aliphatic carbocycles. The summed E-state index contributed by atoms with van der Waals surface area (Å²) in [7, 11) is 0. The van der Waals surface area contributed by atoms with Gasteiger partial charge in [-0.05, 0) is 56.7 Å². The van der Waals surface area contributed by atoms with Gasteiger partial charge in [0, 0.05) is 17.5 Å². The molecule has 6 nitrogen and oxygen atoms in total. The molecule has 1 fully saturated rings. The van der Waals surface area contributed by atoms with Crippen LogP contribution in [0.2, 0.25) is 0 Å². The van der Waals surface area contributed by atoms with Gasteiger partial charge in [-0.15, -0.1) is 0 Å². The average molecular weight is 425 g/mol. The number of hydrogen-bond acceptors (Lipinski definition) is 4. The van der Waals surface area contributed by atoms with E-state index < -0.39 is 6.09 Å². The number of amides is 2.